The van der Waals surface area contributed by atoms with E-state index in [-0.39, 0.29) is 0 Å². The third-order valence-corrected chi connectivity index (χ3v) is 13.5. The van der Waals surface area contributed by atoms with E-state index < -0.39 is 0 Å². The van der Waals surface area contributed by atoms with Crippen molar-refractivity contribution in [2.45, 2.75) is 0 Å². The quantitative estimate of drug-likeness (QED) is 0.121. The molecule has 0 aliphatic heterocycles. The number of benzene rings is 12. The van der Waals surface area contributed by atoms with Crippen LogP contribution in [0.1, 0.15) is 0 Å². The summed E-state index contributed by atoms with van der Waals surface area (Å²) in [5.41, 5.74) is 13.8. The number of aromatic nitrogens is 2. The van der Waals surface area contributed by atoms with Crippen molar-refractivity contribution in [3.8, 4) is 17.1 Å². The van der Waals surface area contributed by atoms with Gasteiger partial charge in [0.2, 0.25) is 0 Å². The van der Waals surface area contributed by atoms with Gasteiger partial charge in [0.25, 0.3) is 0 Å². The molecule has 0 N–H and O–H groups in total. The number of rotatable bonds is 11. The molecule has 13 rings (SSSR count). The van der Waals surface area contributed by atoms with E-state index in [0.717, 1.165) is 79.3 Å². The van der Waals surface area contributed by atoms with Crippen molar-refractivity contribution in [2.24, 2.45) is 0 Å². The van der Waals surface area contributed by atoms with Crippen molar-refractivity contribution in [2.75, 3.05) is 14.7 Å². The van der Waals surface area contributed by atoms with Crippen LogP contribution in [-0.2, 0) is 0 Å². The summed E-state index contributed by atoms with van der Waals surface area (Å²) in [6, 6.07) is 97.3. The zero-order valence-corrected chi connectivity index (χ0v) is 38.2. The molecule has 0 fully saturated rings. The van der Waals surface area contributed by atoms with Gasteiger partial charge >= 0.3 is 0 Å². The number of fused-ring (bicyclic) bond motifs is 3. The molecular formula is C65H45N5. The van der Waals surface area contributed by atoms with Gasteiger partial charge in [-0.05, 0) is 155 Å². The molecule has 0 amide bonds. The molecule has 70 heavy (non-hydrogen) atoms. The van der Waals surface area contributed by atoms with Crippen LogP contribution in [0.25, 0.3) is 60.4 Å². The zero-order valence-electron chi connectivity index (χ0n) is 38.2. The number of para-hydroxylation sites is 5. The Morgan fingerprint density at radius 3 is 1.00 bits per heavy atom. The fourth-order valence-electron chi connectivity index (χ4n) is 10.3. The summed E-state index contributed by atoms with van der Waals surface area (Å²) in [5.74, 6) is 0.897. The van der Waals surface area contributed by atoms with E-state index in [1.54, 1.807) is 0 Å². The molecule has 5 heteroatoms. The van der Waals surface area contributed by atoms with Crippen LogP contribution in [0.15, 0.2) is 273 Å². The predicted molar refractivity (Wildman–Crippen MR) is 294 cm³/mol. The Bertz CT molecular complexity index is 3690. The molecule has 0 atom stereocenters. The van der Waals surface area contributed by atoms with Gasteiger partial charge in [-0.3, -0.25) is 4.57 Å². The van der Waals surface area contributed by atoms with Crippen molar-refractivity contribution in [1.29, 1.82) is 0 Å². The lowest BCUT2D eigenvalue weighted by Gasteiger charge is -2.29. The Kier molecular flexibility index (Phi) is 10.1. The van der Waals surface area contributed by atoms with Gasteiger partial charge in [-0.1, -0.05) is 140 Å². The maximum atomic E-state index is 5.59. The first-order valence-corrected chi connectivity index (χ1v) is 23.8. The smallest absolute Gasteiger partial charge is 0.145 e. The summed E-state index contributed by atoms with van der Waals surface area (Å²) >= 11 is 0. The summed E-state index contributed by atoms with van der Waals surface area (Å²) in [6.07, 6.45) is 0. The minimum Gasteiger partial charge on any atom is -0.311 e. The molecular weight excluding hydrogens is 851 g/mol. The molecule has 0 aliphatic rings. The van der Waals surface area contributed by atoms with E-state index in [1.165, 1.54) is 32.3 Å². The topological polar surface area (TPSA) is 27.5 Å². The molecule has 5 nitrogen and oxygen atoms in total. The van der Waals surface area contributed by atoms with Crippen LogP contribution < -0.4 is 14.7 Å². The lowest BCUT2D eigenvalue weighted by Crippen LogP contribution is -2.13. The van der Waals surface area contributed by atoms with E-state index >= 15 is 0 Å². The number of anilines is 9. The van der Waals surface area contributed by atoms with Gasteiger partial charge in [-0.2, -0.15) is 0 Å². The molecule has 0 saturated carbocycles. The normalized spacial score (nSPS) is 11.4. The third-order valence-electron chi connectivity index (χ3n) is 13.5. The van der Waals surface area contributed by atoms with Gasteiger partial charge in [-0.25, -0.2) is 4.98 Å². The number of nitrogens with zero attached hydrogens (tertiary/aromatic N) is 5. The van der Waals surface area contributed by atoms with Crippen LogP contribution in [0, 0.1) is 0 Å². The van der Waals surface area contributed by atoms with Crippen LogP contribution in [0.3, 0.4) is 0 Å². The standard InChI is InChI=1S/C65H45N5/c1-6-20-49(21-7-1)67(50-22-8-2-9-23-50)55-38-42-57(43-39-55)69(58-44-40-56(41-45-58)68(51-24-10-3-11-25-51)52-26-12-4-13-27-52)54-36-34-48(35-37-54)65-66-63-59-30-16-18-46-32-33-47-19-17-31-60(62(47)61(46)59)64(63)70(65)53-28-14-5-15-29-53/h1-45H. The summed E-state index contributed by atoms with van der Waals surface area (Å²) in [4.78, 5) is 12.5. The highest BCUT2D eigenvalue weighted by atomic mass is 15.2. The highest BCUT2D eigenvalue weighted by molar-refractivity contribution is 6.32. The molecule has 0 radical (unpaired) electrons. The van der Waals surface area contributed by atoms with Gasteiger partial charge in [0.15, 0.2) is 0 Å². The van der Waals surface area contributed by atoms with Gasteiger partial charge in [0.05, 0.1) is 11.0 Å². The van der Waals surface area contributed by atoms with E-state index in [4.69, 9.17) is 4.98 Å². The summed E-state index contributed by atoms with van der Waals surface area (Å²) in [6.45, 7) is 0. The Morgan fingerprint density at radius 2 is 0.600 bits per heavy atom. The van der Waals surface area contributed by atoms with Crippen molar-refractivity contribution < 1.29 is 0 Å². The lowest BCUT2D eigenvalue weighted by atomic mass is 9.93. The second-order valence-corrected chi connectivity index (χ2v) is 17.6. The Hall–Kier alpha value is -9.45. The van der Waals surface area contributed by atoms with Gasteiger partial charge in [0, 0.05) is 73.2 Å². The van der Waals surface area contributed by atoms with E-state index in [1.807, 2.05) is 0 Å². The highest BCUT2D eigenvalue weighted by Crippen LogP contribution is 2.45. The second-order valence-electron chi connectivity index (χ2n) is 17.6. The fraction of sp³-hybridized carbons (Fsp3) is 0. The summed E-state index contributed by atoms with van der Waals surface area (Å²) in [5, 5.41) is 7.37. The lowest BCUT2D eigenvalue weighted by molar-refractivity contribution is 1.11. The molecule has 0 bridgehead atoms. The average molecular weight is 896 g/mol. The number of imidazole rings is 1. The molecule has 1 heterocycles. The summed E-state index contributed by atoms with van der Waals surface area (Å²) in [7, 11) is 0. The third kappa shape index (κ3) is 7.08. The van der Waals surface area contributed by atoms with Gasteiger partial charge < -0.3 is 14.7 Å². The van der Waals surface area contributed by atoms with Gasteiger partial charge in [-0.15, -0.1) is 0 Å². The molecule has 1 aromatic heterocycles. The Labute approximate surface area is 407 Å². The average Bonchev–Trinajstić information content (AvgIpc) is 3.85. The van der Waals surface area contributed by atoms with Gasteiger partial charge in [0.1, 0.15) is 5.82 Å². The monoisotopic (exact) mass is 895 g/mol. The molecule has 0 aliphatic carbocycles. The van der Waals surface area contributed by atoms with E-state index in [9.17, 15) is 0 Å². The molecule has 0 spiro atoms. The van der Waals surface area contributed by atoms with Crippen molar-refractivity contribution in [3.63, 3.8) is 0 Å². The first kappa shape index (κ1) is 40.8. The molecule has 0 unspecified atom stereocenters. The van der Waals surface area contributed by atoms with Crippen LogP contribution in [0.4, 0.5) is 51.2 Å². The van der Waals surface area contributed by atoms with E-state index in [0.29, 0.717) is 0 Å². The van der Waals surface area contributed by atoms with Crippen LogP contribution >= 0.6 is 0 Å². The van der Waals surface area contributed by atoms with Crippen molar-refractivity contribution in [3.05, 3.63) is 273 Å². The summed E-state index contributed by atoms with van der Waals surface area (Å²) < 4.78 is 2.36. The Morgan fingerprint density at radius 1 is 0.271 bits per heavy atom. The van der Waals surface area contributed by atoms with Crippen LogP contribution in [-0.4, -0.2) is 9.55 Å². The van der Waals surface area contributed by atoms with Crippen molar-refractivity contribution in [1.82, 2.24) is 9.55 Å². The maximum Gasteiger partial charge on any atom is 0.145 e. The Balaban J connectivity index is 0.957. The van der Waals surface area contributed by atoms with E-state index in [2.05, 4.69) is 292 Å². The predicted octanol–water partition coefficient (Wildman–Crippen LogP) is 18.0. The molecule has 330 valence electrons. The first-order valence-electron chi connectivity index (χ1n) is 23.8. The highest BCUT2D eigenvalue weighted by Gasteiger charge is 2.23. The maximum absolute atomic E-state index is 5.59. The SMILES string of the molecule is c1ccc(N(c2ccccc2)c2ccc(N(c3ccc(-c4nc5c6cccc7ccc8cccc(c8c76)c5n4-c4ccccc4)cc3)c3ccc(N(c4ccccc4)c4ccccc4)cc3)cc2)cc1. The van der Waals surface area contributed by atoms with Crippen molar-refractivity contribution >= 4 is 94.5 Å². The minimum atomic E-state index is 0.897. The second kappa shape index (κ2) is 17.3. The van der Waals surface area contributed by atoms with Crippen LogP contribution in [0.5, 0.6) is 0 Å². The van der Waals surface area contributed by atoms with Crippen LogP contribution in [0.2, 0.25) is 0 Å². The fourth-order valence-corrected chi connectivity index (χ4v) is 10.3. The minimum absolute atomic E-state index is 0.897. The first-order chi connectivity index (χ1) is 34.7. The molecule has 13 aromatic rings. The molecule has 12 aromatic carbocycles. The number of hydrogen-bond acceptors (Lipinski definition) is 4. The molecule has 0 saturated heterocycles. The zero-order chi connectivity index (χ0) is 46.4. The number of hydrogen-bond donors (Lipinski definition) is 0. The largest absolute Gasteiger partial charge is 0.311 e.